The summed E-state index contributed by atoms with van der Waals surface area (Å²) in [4.78, 5) is 12.7. The third-order valence-electron chi connectivity index (χ3n) is 3.90. The maximum atomic E-state index is 12.6. The lowest BCUT2D eigenvalue weighted by atomic mass is 10.2. The number of hydrogen-bond acceptors (Lipinski definition) is 5. The van der Waals surface area contributed by atoms with Crippen LogP contribution in [0.4, 0.5) is 0 Å². The molecule has 0 spiro atoms. The van der Waals surface area contributed by atoms with E-state index in [0.717, 1.165) is 11.3 Å². The summed E-state index contributed by atoms with van der Waals surface area (Å²) >= 11 is 1.56. The highest BCUT2D eigenvalue weighted by atomic mass is 32.2. The van der Waals surface area contributed by atoms with Crippen LogP contribution in [0, 0.1) is 0 Å². The van der Waals surface area contributed by atoms with E-state index in [2.05, 4.69) is 10.0 Å². The Kier molecular flexibility index (Phi) is 8.15. The summed E-state index contributed by atoms with van der Waals surface area (Å²) < 4.78 is 32.7. The molecule has 0 bridgehead atoms. The Labute approximate surface area is 164 Å². The standard InChI is InChI=1S/C19H24N2O4S2/c1-25-16-10-8-15(9-11-16)14-20-19(22)18(12-13-26-2)21-27(23,24)17-6-4-3-5-7-17/h3-11,18,21H,12-14H2,1-2H3,(H,20,22)/t18-/m0/s1. The van der Waals surface area contributed by atoms with Gasteiger partial charge < -0.3 is 10.1 Å². The van der Waals surface area contributed by atoms with Gasteiger partial charge in [0.2, 0.25) is 15.9 Å². The van der Waals surface area contributed by atoms with Crippen LogP contribution < -0.4 is 14.8 Å². The molecule has 0 unspecified atom stereocenters. The Morgan fingerprint density at radius 2 is 1.78 bits per heavy atom. The van der Waals surface area contributed by atoms with E-state index in [1.165, 1.54) is 12.1 Å². The molecule has 2 aromatic rings. The summed E-state index contributed by atoms with van der Waals surface area (Å²) in [6.45, 7) is 0.311. The van der Waals surface area contributed by atoms with Crippen LogP contribution in [0.5, 0.6) is 5.75 Å². The predicted octanol–water partition coefficient (Wildman–Crippen LogP) is 2.41. The van der Waals surface area contributed by atoms with Crippen LogP contribution in [0.1, 0.15) is 12.0 Å². The van der Waals surface area contributed by atoms with E-state index in [0.29, 0.717) is 18.7 Å². The minimum absolute atomic E-state index is 0.141. The van der Waals surface area contributed by atoms with Gasteiger partial charge in [-0.1, -0.05) is 30.3 Å². The summed E-state index contributed by atoms with van der Waals surface area (Å²) in [5.41, 5.74) is 0.902. The number of amides is 1. The summed E-state index contributed by atoms with van der Waals surface area (Å²) in [5.74, 6) is 1.05. The molecule has 0 saturated carbocycles. The highest BCUT2D eigenvalue weighted by molar-refractivity contribution is 7.98. The number of benzene rings is 2. The number of hydrogen-bond donors (Lipinski definition) is 2. The van der Waals surface area contributed by atoms with Crippen molar-refractivity contribution in [3.05, 3.63) is 60.2 Å². The summed E-state index contributed by atoms with van der Waals surface area (Å²) in [5, 5.41) is 2.80. The first-order chi connectivity index (χ1) is 13.0. The van der Waals surface area contributed by atoms with Crippen LogP contribution in [-0.4, -0.2) is 39.5 Å². The number of nitrogens with one attached hydrogen (secondary N) is 2. The quantitative estimate of drug-likeness (QED) is 0.631. The van der Waals surface area contributed by atoms with Gasteiger partial charge in [-0.3, -0.25) is 4.79 Å². The van der Waals surface area contributed by atoms with E-state index in [9.17, 15) is 13.2 Å². The van der Waals surface area contributed by atoms with Crippen molar-refractivity contribution in [3.8, 4) is 5.75 Å². The van der Waals surface area contributed by atoms with Gasteiger partial charge in [-0.05, 0) is 48.3 Å². The Morgan fingerprint density at radius 1 is 1.11 bits per heavy atom. The molecule has 2 aromatic carbocycles. The summed E-state index contributed by atoms with van der Waals surface area (Å²) in [6.07, 6.45) is 2.32. The van der Waals surface area contributed by atoms with Crippen LogP contribution in [0.15, 0.2) is 59.5 Å². The van der Waals surface area contributed by atoms with E-state index in [4.69, 9.17) is 4.74 Å². The fourth-order valence-electron chi connectivity index (χ4n) is 2.39. The minimum atomic E-state index is -3.76. The number of sulfonamides is 1. The maximum absolute atomic E-state index is 12.6. The minimum Gasteiger partial charge on any atom is -0.497 e. The van der Waals surface area contributed by atoms with Crippen LogP contribution in [0.25, 0.3) is 0 Å². The first-order valence-electron chi connectivity index (χ1n) is 8.43. The van der Waals surface area contributed by atoms with Crippen molar-refractivity contribution in [1.82, 2.24) is 10.0 Å². The molecule has 1 amide bonds. The molecule has 27 heavy (non-hydrogen) atoms. The zero-order valence-corrected chi connectivity index (χ0v) is 17.0. The average molecular weight is 409 g/mol. The molecule has 0 aromatic heterocycles. The Morgan fingerprint density at radius 3 is 2.37 bits per heavy atom. The molecule has 2 rings (SSSR count). The van der Waals surface area contributed by atoms with E-state index in [1.54, 1.807) is 37.1 Å². The molecular weight excluding hydrogens is 384 g/mol. The van der Waals surface area contributed by atoms with Crippen molar-refractivity contribution in [3.63, 3.8) is 0 Å². The molecule has 146 valence electrons. The summed E-state index contributed by atoms with van der Waals surface area (Å²) in [6, 6.07) is 14.5. The molecule has 0 aliphatic rings. The number of ether oxygens (including phenoxy) is 1. The number of methoxy groups -OCH3 is 1. The van der Waals surface area contributed by atoms with E-state index >= 15 is 0 Å². The molecule has 0 heterocycles. The Hall–Kier alpha value is -2.03. The Balaban J connectivity index is 2.04. The van der Waals surface area contributed by atoms with Gasteiger partial charge in [0.1, 0.15) is 11.8 Å². The van der Waals surface area contributed by atoms with Crippen molar-refractivity contribution in [2.24, 2.45) is 0 Å². The van der Waals surface area contributed by atoms with Gasteiger partial charge in [0.15, 0.2) is 0 Å². The SMILES string of the molecule is COc1ccc(CNC(=O)[C@H](CCSC)NS(=O)(=O)c2ccccc2)cc1. The van der Waals surface area contributed by atoms with Gasteiger partial charge in [0.05, 0.1) is 12.0 Å². The van der Waals surface area contributed by atoms with E-state index in [1.807, 2.05) is 30.5 Å². The maximum Gasteiger partial charge on any atom is 0.241 e. The highest BCUT2D eigenvalue weighted by Crippen LogP contribution is 2.12. The first-order valence-corrected chi connectivity index (χ1v) is 11.3. The second-order valence-electron chi connectivity index (χ2n) is 5.83. The molecule has 0 aliphatic heterocycles. The molecule has 0 aliphatic carbocycles. The van der Waals surface area contributed by atoms with Crippen molar-refractivity contribution < 1.29 is 17.9 Å². The fraction of sp³-hybridized carbons (Fsp3) is 0.316. The van der Waals surface area contributed by atoms with Crippen molar-refractivity contribution in [2.45, 2.75) is 23.9 Å². The molecule has 8 heteroatoms. The zero-order valence-electron chi connectivity index (χ0n) is 15.3. The van der Waals surface area contributed by atoms with Gasteiger partial charge in [-0.2, -0.15) is 16.5 Å². The molecule has 0 fully saturated rings. The van der Waals surface area contributed by atoms with Gasteiger partial charge in [0.25, 0.3) is 0 Å². The third-order valence-corrected chi connectivity index (χ3v) is 6.04. The normalized spacial score (nSPS) is 12.4. The molecule has 0 radical (unpaired) electrons. The number of thioether (sulfide) groups is 1. The molecule has 6 nitrogen and oxygen atoms in total. The third kappa shape index (κ3) is 6.57. The van der Waals surface area contributed by atoms with Gasteiger partial charge in [-0.15, -0.1) is 0 Å². The molecule has 2 N–H and O–H groups in total. The number of carbonyl (C=O) groups is 1. The van der Waals surface area contributed by atoms with E-state index < -0.39 is 16.1 Å². The molecule has 0 saturated heterocycles. The smallest absolute Gasteiger partial charge is 0.241 e. The lowest BCUT2D eigenvalue weighted by Crippen LogP contribution is -2.46. The van der Waals surface area contributed by atoms with Crippen LogP contribution in [-0.2, 0) is 21.4 Å². The largest absolute Gasteiger partial charge is 0.497 e. The van der Waals surface area contributed by atoms with E-state index in [-0.39, 0.29) is 10.8 Å². The van der Waals surface area contributed by atoms with Gasteiger partial charge in [-0.25, -0.2) is 8.42 Å². The highest BCUT2D eigenvalue weighted by Gasteiger charge is 2.25. The Bertz CT molecular complexity index is 825. The monoisotopic (exact) mass is 408 g/mol. The van der Waals surface area contributed by atoms with Crippen LogP contribution in [0.3, 0.4) is 0 Å². The lowest BCUT2D eigenvalue weighted by molar-refractivity contribution is -0.122. The second kappa shape index (κ2) is 10.3. The van der Waals surface area contributed by atoms with Gasteiger partial charge in [0, 0.05) is 6.54 Å². The van der Waals surface area contributed by atoms with Crippen molar-refractivity contribution >= 4 is 27.7 Å². The topological polar surface area (TPSA) is 84.5 Å². The first kappa shape index (κ1) is 21.3. The lowest BCUT2D eigenvalue weighted by Gasteiger charge is -2.18. The predicted molar refractivity (Wildman–Crippen MR) is 108 cm³/mol. The molecule has 1 atom stereocenters. The van der Waals surface area contributed by atoms with Crippen molar-refractivity contribution in [2.75, 3.05) is 19.1 Å². The van der Waals surface area contributed by atoms with Crippen LogP contribution >= 0.6 is 11.8 Å². The van der Waals surface area contributed by atoms with Crippen molar-refractivity contribution in [1.29, 1.82) is 0 Å². The molecular formula is C19H24N2O4S2. The second-order valence-corrected chi connectivity index (χ2v) is 8.53. The zero-order chi connectivity index (χ0) is 19.7. The average Bonchev–Trinajstić information content (AvgIpc) is 2.70. The van der Waals surface area contributed by atoms with Gasteiger partial charge >= 0.3 is 0 Å². The van der Waals surface area contributed by atoms with Crippen LogP contribution in [0.2, 0.25) is 0 Å². The fourth-order valence-corrected chi connectivity index (χ4v) is 4.11. The summed E-state index contributed by atoms with van der Waals surface area (Å²) in [7, 11) is -2.17. The number of rotatable bonds is 10. The number of carbonyl (C=O) groups excluding carboxylic acids is 1.